The minimum Gasteiger partial charge on any atom is -0.461 e. The van der Waals surface area contributed by atoms with Crippen LogP contribution in [0.1, 0.15) is 5.76 Å². The monoisotopic (exact) mass is 282 g/mol. The molecule has 0 bridgehead atoms. The average Bonchev–Trinajstić information content (AvgIpc) is 2.86. The van der Waals surface area contributed by atoms with Crippen LogP contribution in [0.2, 0.25) is 0 Å². The molecule has 0 aliphatic carbocycles. The summed E-state index contributed by atoms with van der Waals surface area (Å²) in [6.45, 7) is 0. The third-order valence-electron chi connectivity index (χ3n) is 2.55. The summed E-state index contributed by atoms with van der Waals surface area (Å²) in [4.78, 5) is 10.5. The van der Waals surface area contributed by atoms with Gasteiger partial charge in [0.1, 0.15) is 17.0 Å². The molecule has 0 aliphatic heterocycles. The highest BCUT2D eigenvalue weighted by Gasteiger charge is 2.17. The van der Waals surface area contributed by atoms with Gasteiger partial charge in [-0.3, -0.25) is 10.1 Å². The first-order chi connectivity index (χ1) is 9.11. The van der Waals surface area contributed by atoms with Gasteiger partial charge in [-0.05, 0) is 18.2 Å². The minimum atomic E-state index is -0.676. The molecule has 0 radical (unpaired) electrons. The number of nitrogens with one attached hydrogen (secondary N) is 1. The van der Waals surface area contributed by atoms with Crippen molar-refractivity contribution in [1.29, 1.82) is 0 Å². The molecule has 0 aliphatic rings. The van der Waals surface area contributed by atoms with Crippen molar-refractivity contribution >= 4 is 17.3 Å². The first-order valence-corrected chi connectivity index (χ1v) is 5.91. The van der Waals surface area contributed by atoms with E-state index in [1.54, 1.807) is 30.3 Å². The molecule has 0 amide bonds. The van der Waals surface area contributed by atoms with Crippen molar-refractivity contribution in [2.75, 3.05) is 0 Å². The third kappa shape index (κ3) is 3.11. The molecule has 0 fully saturated rings. The highest BCUT2D eigenvalue weighted by atomic mass is 35.5. The number of benzene rings is 1. The van der Waals surface area contributed by atoms with Gasteiger partial charge < -0.3 is 9.62 Å². The molecule has 2 rings (SSSR count). The molecule has 1 atom stereocenters. The largest absolute Gasteiger partial charge is 0.461 e. The van der Waals surface area contributed by atoms with Gasteiger partial charge in [-0.1, -0.05) is 12.1 Å². The number of alkyl halides is 1. The molecule has 6 nitrogen and oxygen atoms in total. The lowest BCUT2D eigenvalue weighted by Crippen LogP contribution is -2.21. The Morgan fingerprint density at radius 3 is 2.79 bits per heavy atom. The average molecular weight is 283 g/mol. The first-order valence-electron chi connectivity index (χ1n) is 5.48. The van der Waals surface area contributed by atoms with Crippen LogP contribution in [-0.2, 0) is 6.42 Å². The van der Waals surface area contributed by atoms with Crippen LogP contribution in [0.4, 0.5) is 5.69 Å². The molecule has 7 heteroatoms. The van der Waals surface area contributed by atoms with Crippen molar-refractivity contribution in [3.8, 4) is 11.3 Å². The maximum absolute atomic E-state index is 10.9. The van der Waals surface area contributed by atoms with Crippen molar-refractivity contribution < 1.29 is 14.5 Å². The van der Waals surface area contributed by atoms with Crippen molar-refractivity contribution in [1.82, 2.24) is 5.48 Å². The van der Waals surface area contributed by atoms with Crippen LogP contribution >= 0.6 is 11.6 Å². The lowest BCUT2D eigenvalue weighted by molar-refractivity contribution is -0.384. The summed E-state index contributed by atoms with van der Waals surface area (Å²) in [7, 11) is 0. The van der Waals surface area contributed by atoms with E-state index in [1.807, 2.05) is 5.48 Å². The van der Waals surface area contributed by atoms with Gasteiger partial charge in [0.25, 0.3) is 5.69 Å². The topological polar surface area (TPSA) is 88.5 Å². The smallest absolute Gasteiger partial charge is 0.280 e. The summed E-state index contributed by atoms with van der Waals surface area (Å²) in [6.07, 6.45) is 0.263. The molecule has 100 valence electrons. The second-order valence-corrected chi connectivity index (χ2v) is 4.37. The fourth-order valence-electron chi connectivity index (χ4n) is 1.70. The van der Waals surface area contributed by atoms with E-state index in [0.29, 0.717) is 17.1 Å². The van der Waals surface area contributed by atoms with E-state index in [4.69, 9.17) is 21.2 Å². The van der Waals surface area contributed by atoms with E-state index in [-0.39, 0.29) is 12.1 Å². The van der Waals surface area contributed by atoms with E-state index in [1.165, 1.54) is 6.07 Å². The summed E-state index contributed by atoms with van der Waals surface area (Å²) in [5.41, 5.74) is 1.60. The van der Waals surface area contributed by atoms with Gasteiger partial charge in [0.2, 0.25) is 0 Å². The zero-order valence-corrected chi connectivity index (χ0v) is 10.5. The summed E-state index contributed by atoms with van der Waals surface area (Å²) in [5, 5.41) is 19.5. The van der Waals surface area contributed by atoms with Crippen LogP contribution in [-0.4, -0.2) is 15.6 Å². The van der Waals surface area contributed by atoms with Crippen molar-refractivity contribution in [3.63, 3.8) is 0 Å². The number of nitrogens with zero attached hydrogens (tertiary/aromatic N) is 1. The highest BCUT2D eigenvalue weighted by Crippen LogP contribution is 2.31. The van der Waals surface area contributed by atoms with E-state index in [0.717, 1.165) is 0 Å². The molecule has 2 N–H and O–H groups in total. The van der Waals surface area contributed by atoms with Gasteiger partial charge in [-0.2, -0.15) is 5.48 Å². The fraction of sp³-hybridized carbons (Fsp3) is 0.167. The molecular formula is C12H11ClN2O4. The number of hydrogen-bond acceptors (Lipinski definition) is 5. The van der Waals surface area contributed by atoms with Gasteiger partial charge in [0.15, 0.2) is 0 Å². The lowest BCUT2D eigenvalue weighted by atomic mass is 10.1. The Bertz CT molecular complexity index is 585. The van der Waals surface area contributed by atoms with Crippen LogP contribution in [0.25, 0.3) is 11.3 Å². The normalized spacial score (nSPS) is 12.3. The predicted octanol–water partition coefficient (Wildman–Crippen LogP) is 2.94. The second-order valence-electron chi connectivity index (χ2n) is 3.84. The number of halogens is 1. The zero-order valence-electron chi connectivity index (χ0n) is 9.75. The Morgan fingerprint density at radius 1 is 1.37 bits per heavy atom. The molecule has 1 unspecified atom stereocenters. The number of nitro benzene ring substituents is 1. The van der Waals surface area contributed by atoms with E-state index >= 15 is 0 Å². The number of hydrogen-bond donors (Lipinski definition) is 2. The molecule has 1 aromatic heterocycles. The quantitative estimate of drug-likeness (QED) is 0.381. The highest BCUT2D eigenvalue weighted by molar-refractivity contribution is 6.20. The third-order valence-corrected chi connectivity index (χ3v) is 2.80. The Kier molecular flexibility index (Phi) is 4.16. The fourth-order valence-corrected chi connectivity index (χ4v) is 1.85. The number of para-hydroxylation sites is 1. The number of nitro groups is 1. The van der Waals surface area contributed by atoms with Gasteiger partial charge in [0, 0.05) is 12.5 Å². The molecule has 19 heavy (non-hydrogen) atoms. The molecular weight excluding hydrogens is 272 g/mol. The molecule has 1 aromatic carbocycles. The maximum Gasteiger partial charge on any atom is 0.280 e. The Hall–Kier alpha value is -1.89. The van der Waals surface area contributed by atoms with Gasteiger partial charge in [0.05, 0.1) is 10.5 Å². The first kappa shape index (κ1) is 13.5. The van der Waals surface area contributed by atoms with Crippen molar-refractivity contribution in [3.05, 3.63) is 52.3 Å². The van der Waals surface area contributed by atoms with Crippen molar-refractivity contribution in [2.24, 2.45) is 0 Å². The Morgan fingerprint density at radius 2 is 2.11 bits per heavy atom. The Labute approximate surface area is 113 Å². The molecule has 1 heterocycles. The van der Waals surface area contributed by atoms with E-state index in [9.17, 15) is 10.1 Å². The van der Waals surface area contributed by atoms with E-state index < -0.39 is 10.4 Å². The SMILES string of the molecule is O=[N+]([O-])c1ccccc1-c1ccc(CC(Cl)NO)o1. The molecule has 2 aromatic rings. The Balaban J connectivity index is 2.30. The predicted molar refractivity (Wildman–Crippen MR) is 69.1 cm³/mol. The van der Waals surface area contributed by atoms with Crippen LogP contribution in [0, 0.1) is 10.1 Å². The van der Waals surface area contributed by atoms with Crippen LogP contribution in [0.3, 0.4) is 0 Å². The zero-order chi connectivity index (χ0) is 13.8. The van der Waals surface area contributed by atoms with Crippen LogP contribution < -0.4 is 5.48 Å². The summed E-state index contributed by atoms with van der Waals surface area (Å²) < 4.78 is 5.49. The van der Waals surface area contributed by atoms with Gasteiger partial charge in [-0.15, -0.1) is 11.6 Å². The van der Waals surface area contributed by atoms with Crippen LogP contribution in [0.5, 0.6) is 0 Å². The summed E-state index contributed by atoms with van der Waals surface area (Å²) >= 11 is 5.71. The summed E-state index contributed by atoms with van der Waals surface area (Å²) in [5.74, 6) is 0.916. The van der Waals surface area contributed by atoms with Crippen molar-refractivity contribution in [2.45, 2.75) is 11.9 Å². The molecule has 0 saturated heterocycles. The van der Waals surface area contributed by atoms with Crippen LogP contribution in [0.15, 0.2) is 40.8 Å². The number of furan rings is 1. The second kappa shape index (κ2) is 5.83. The number of rotatable bonds is 5. The molecule has 0 saturated carbocycles. The lowest BCUT2D eigenvalue weighted by Gasteiger charge is -2.03. The number of hydroxylamine groups is 1. The minimum absolute atomic E-state index is 0.0221. The van der Waals surface area contributed by atoms with Gasteiger partial charge >= 0.3 is 0 Å². The maximum atomic E-state index is 10.9. The standard InChI is InChI=1S/C12H11ClN2O4/c13-12(14-16)7-8-5-6-11(19-8)9-3-1-2-4-10(9)15(17)18/h1-6,12,14,16H,7H2. The van der Waals surface area contributed by atoms with E-state index in [2.05, 4.69) is 0 Å². The van der Waals surface area contributed by atoms with Gasteiger partial charge in [-0.25, -0.2) is 0 Å². The summed E-state index contributed by atoms with van der Waals surface area (Å²) in [6, 6.07) is 9.62. The molecule has 0 spiro atoms.